The summed E-state index contributed by atoms with van der Waals surface area (Å²) in [5.74, 6) is 1.22. The van der Waals surface area contributed by atoms with Crippen molar-refractivity contribution in [1.82, 2.24) is 0 Å². The third-order valence-corrected chi connectivity index (χ3v) is 8.51. The Bertz CT molecular complexity index is 651. The molecule has 0 aromatic rings. The van der Waals surface area contributed by atoms with Crippen LogP contribution in [0.25, 0.3) is 0 Å². The van der Waals surface area contributed by atoms with E-state index in [0.717, 1.165) is 44.9 Å². The average molecular weight is 328 g/mol. The second-order valence-corrected chi connectivity index (χ2v) is 9.20. The quantitative estimate of drug-likeness (QED) is 0.745. The van der Waals surface area contributed by atoms with Crippen LogP contribution in [0.2, 0.25) is 0 Å². The zero-order valence-corrected chi connectivity index (χ0v) is 14.6. The third kappa shape index (κ3) is 1.63. The Morgan fingerprint density at radius 2 is 2.12 bits per heavy atom. The van der Waals surface area contributed by atoms with Gasteiger partial charge in [-0.05, 0) is 49.9 Å². The minimum absolute atomic E-state index is 0.0299. The Balaban J connectivity index is 1.60. The molecule has 0 aromatic heterocycles. The molecule has 1 N–H and O–H groups in total. The molecule has 0 amide bonds. The Morgan fingerprint density at radius 1 is 1.29 bits per heavy atom. The number of fused-ring (bicyclic) bond motifs is 5. The highest BCUT2D eigenvalue weighted by molar-refractivity contribution is 5.87. The van der Waals surface area contributed by atoms with Gasteiger partial charge in [-0.1, -0.05) is 24.6 Å². The number of aliphatic hydroxyl groups is 1. The van der Waals surface area contributed by atoms with Crippen molar-refractivity contribution < 1.29 is 14.6 Å². The Kier molecular flexibility index (Phi) is 2.95. The topological polar surface area (TPSA) is 46.5 Å². The fourth-order valence-corrected chi connectivity index (χ4v) is 7.34. The highest BCUT2D eigenvalue weighted by Gasteiger charge is 2.65. The molecule has 3 heteroatoms. The van der Waals surface area contributed by atoms with Crippen LogP contribution in [0.5, 0.6) is 0 Å². The van der Waals surface area contributed by atoms with E-state index in [1.54, 1.807) is 0 Å². The van der Waals surface area contributed by atoms with Gasteiger partial charge in [0.2, 0.25) is 0 Å². The number of rotatable bonds is 1. The monoisotopic (exact) mass is 328 g/mol. The number of allylic oxidation sites excluding steroid dienone is 1. The fraction of sp³-hybridized carbons (Fsp3) is 0.762. The van der Waals surface area contributed by atoms with Crippen LogP contribution in [-0.4, -0.2) is 22.8 Å². The molecule has 4 aliphatic carbocycles. The van der Waals surface area contributed by atoms with Crippen molar-refractivity contribution in [2.45, 2.75) is 70.2 Å². The maximum atomic E-state index is 12.5. The zero-order chi connectivity index (χ0) is 16.7. The van der Waals surface area contributed by atoms with E-state index in [1.165, 1.54) is 5.57 Å². The molecule has 1 unspecified atom stereocenters. The number of ether oxygens (including phenoxy) is 1. The molecule has 6 rings (SSSR count). The number of hydrogen-bond acceptors (Lipinski definition) is 3. The molecule has 2 aliphatic heterocycles. The summed E-state index contributed by atoms with van der Waals surface area (Å²) in [6.45, 7) is 6.26. The highest BCUT2D eigenvalue weighted by Crippen LogP contribution is 2.68. The van der Waals surface area contributed by atoms with E-state index < -0.39 is 5.79 Å². The van der Waals surface area contributed by atoms with E-state index in [1.807, 2.05) is 6.08 Å². The van der Waals surface area contributed by atoms with E-state index in [9.17, 15) is 9.90 Å². The molecular formula is C21H28O3. The van der Waals surface area contributed by atoms with Crippen molar-refractivity contribution in [3.05, 3.63) is 24.3 Å². The van der Waals surface area contributed by atoms with E-state index in [4.69, 9.17) is 4.74 Å². The maximum Gasteiger partial charge on any atom is 0.170 e. The minimum atomic E-state index is -0.980. The summed E-state index contributed by atoms with van der Waals surface area (Å²) in [4.78, 5) is 12.5. The molecule has 6 aliphatic rings. The summed E-state index contributed by atoms with van der Waals surface area (Å²) < 4.78 is 6.12. The average Bonchev–Trinajstić information content (AvgIpc) is 2.88. The summed E-state index contributed by atoms with van der Waals surface area (Å²) in [6.07, 6.45) is 11.7. The van der Waals surface area contributed by atoms with E-state index >= 15 is 0 Å². The van der Waals surface area contributed by atoms with Gasteiger partial charge < -0.3 is 9.84 Å². The van der Waals surface area contributed by atoms with Crippen LogP contribution in [0.15, 0.2) is 24.3 Å². The number of Topliss-reactive ketones (excluding diaryl/α,β-unsaturated/α-hetero) is 1. The van der Waals surface area contributed by atoms with Crippen LogP contribution >= 0.6 is 0 Å². The van der Waals surface area contributed by atoms with Gasteiger partial charge in [0, 0.05) is 30.1 Å². The summed E-state index contributed by atoms with van der Waals surface area (Å²) >= 11 is 0. The minimum Gasteiger partial charge on any atom is -0.365 e. The van der Waals surface area contributed by atoms with Gasteiger partial charge in [0.05, 0.1) is 6.10 Å². The van der Waals surface area contributed by atoms with Crippen molar-refractivity contribution in [2.24, 2.45) is 28.6 Å². The first-order valence-corrected chi connectivity index (χ1v) is 9.68. The zero-order valence-electron chi connectivity index (χ0n) is 14.6. The number of ketones is 1. The highest BCUT2D eigenvalue weighted by atomic mass is 16.6. The molecular weight excluding hydrogens is 300 g/mol. The Labute approximate surface area is 144 Å². The lowest BCUT2D eigenvalue weighted by molar-refractivity contribution is -0.307. The first kappa shape index (κ1) is 15.3. The predicted octanol–water partition coefficient (Wildman–Crippen LogP) is 3.77. The normalized spacial score (nSPS) is 55.4. The summed E-state index contributed by atoms with van der Waals surface area (Å²) in [7, 11) is 0. The smallest absolute Gasteiger partial charge is 0.170 e. The van der Waals surface area contributed by atoms with Crippen molar-refractivity contribution in [1.29, 1.82) is 0 Å². The van der Waals surface area contributed by atoms with Gasteiger partial charge in [-0.25, -0.2) is 0 Å². The first-order chi connectivity index (χ1) is 11.4. The van der Waals surface area contributed by atoms with Gasteiger partial charge in [0.25, 0.3) is 0 Å². The van der Waals surface area contributed by atoms with E-state index in [-0.39, 0.29) is 16.9 Å². The second-order valence-electron chi connectivity index (χ2n) is 9.20. The molecule has 2 saturated heterocycles. The Hall–Kier alpha value is -0.930. The number of carbonyl (C=O) groups is 1. The second kappa shape index (κ2) is 4.62. The van der Waals surface area contributed by atoms with Crippen molar-refractivity contribution in [2.75, 3.05) is 0 Å². The molecule has 24 heavy (non-hydrogen) atoms. The van der Waals surface area contributed by atoms with Gasteiger partial charge in [-0.2, -0.15) is 0 Å². The Morgan fingerprint density at radius 3 is 2.92 bits per heavy atom. The lowest BCUT2D eigenvalue weighted by Gasteiger charge is -2.64. The maximum absolute atomic E-state index is 12.5. The number of hydrogen-bond donors (Lipinski definition) is 1. The van der Waals surface area contributed by atoms with Crippen molar-refractivity contribution in [3.8, 4) is 0 Å². The third-order valence-electron chi connectivity index (χ3n) is 8.51. The molecule has 2 bridgehead atoms. The molecule has 0 aromatic carbocycles. The van der Waals surface area contributed by atoms with Crippen LogP contribution in [0, 0.1) is 28.6 Å². The molecule has 2 heterocycles. The van der Waals surface area contributed by atoms with Crippen LogP contribution in [-0.2, 0) is 9.53 Å². The summed E-state index contributed by atoms with van der Waals surface area (Å²) in [6, 6.07) is 0. The van der Waals surface area contributed by atoms with Crippen LogP contribution in [0.4, 0.5) is 0 Å². The lowest BCUT2D eigenvalue weighted by atomic mass is 9.45. The van der Waals surface area contributed by atoms with Crippen LogP contribution in [0.3, 0.4) is 0 Å². The van der Waals surface area contributed by atoms with Gasteiger partial charge in [-0.15, -0.1) is 6.58 Å². The van der Waals surface area contributed by atoms with Gasteiger partial charge in [0.15, 0.2) is 5.79 Å². The van der Waals surface area contributed by atoms with Crippen LogP contribution < -0.4 is 0 Å². The summed E-state index contributed by atoms with van der Waals surface area (Å²) in [5.41, 5.74) is 1.36. The van der Waals surface area contributed by atoms with Crippen molar-refractivity contribution >= 4 is 5.78 Å². The van der Waals surface area contributed by atoms with Gasteiger partial charge in [0.1, 0.15) is 5.78 Å². The first-order valence-electron chi connectivity index (χ1n) is 9.68. The molecule has 0 radical (unpaired) electrons. The molecule has 130 valence electrons. The predicted molar refractivity (Wildman–Crippen MR) is 91.1 cm³/mol. The number of carbonyl (C=O) groups excluding carboxylic acids is 1. The molecule has 5 fully saturated rings. The molecule has 7 atom stereocenters. The fourth-order valence-electron chi connectivity index (χ4n) is 7.34. The molecule has 3 saturated carbocycles. The van der Waals surface area contributed by atoms with Gasteiger partial charge >= 0.3 is 0 Å². The van der Waals surface area contributed by atoms with Crippen LogP contribution in [0.1, 0.15) is 58.3 Å². The largest absolute Gasteiger partial charge is 0.365 e. The van der Waals surface area contributed by atoms with E-state index in [2.05, 4.69) is 19.6 Å². The van der Waals surface area contributed by atoms with E-state index in [0.29, 0.717) is 30.0 Å². The summed E-state index contributed by atoms with van der Waals surface area (Å²) in [5, 5.41) is 10.7. The molecule has 3 nitrogen and oxygen atoms in total. The standard InChI is InChI=1S/C21H28O3/c1-3-18-21-11-10-20(23,24-18)12-13(21)4-5-14-15-6-7-17(22)19(15,2)9-8-16(14)21/h3-4,14-16,18,23H,1,5-12H2,2H3/t14-,15-,16-,18?,19-,20+,21+/m0/s1. The lowest BCUT2D eigenvalue weighted by Crippen LogP contribution is -2.63. The molecule has 1 spiro atoms. The van der Waals surface area contributed by atoms with Crippen molar-refractivity contribution in [3.63, 3.8) is 0 Å². The SMILES string of the molecule is C=CC1O[C@]2(O)CC[C@]13C(=CC[C@@H]1[C@@H]3CC[C@]3(C)C(=O)CC[C@@H]13)C2. The van der Waals surface area contributed by atoms with Gasteiger partial charge in [-0.3, -0.25) is 4.79 Å².